The Bertz CT molecular complexity index is 1380. The summed E-state index contributed by atoms with van der Waals surface area (Å²) in [7, 11) is 0. The lowest BCUT2D eigenvalue weighted by atomic mass is 10.1. The summed E-state index contributed by atoms with van der Waals surface area (Å²) < 4.78 is 7.68. The minimum atomic E-state index is 0.553. The first-order chi connectivity index (χ1) is 17.4. The van der Waals surface area contributed by atoms with Gasteiger partial charge < -0.3 is 4.74 Å². The monoisotopic (exact) mass is 606 g/mol. The summed E-state index contributed by atoms with van der Waals surface area (Å²) in [5, 5.41) is 5.55. The van der Waals surface area contributed by atoms with Gasteiger partial charge in [0.1, 0.15) is 11.4 Å². The Hall–Kier alpha value is -3.03. The van der Waals surface area contributed by atoms with E-state index >= 15 is 0 Å². The number of nitrogens with zero attached hydrogens (tertiary/aromatic N) is 3. The Morgan fingerprint density at radius 3 is 2.56 bits per heavy atom. The van der Waals surface area contributed by atoms with Crippen molar-refractivity contribution in [2.75, 3.05) is 6.61 Å². The van der Waals surface area contributed by atoms with Crippen LogP contribution in [0.25, 0.3) is 10.9 Å². The average Bonchev–Trinajstić information content (AvgIpc) is 2.85. The van der Waals surface area contributed by atoms with E-state index in [1.807, 2.05) is 79.7 Å². The normalized spacial score (nSPS) is 12.0. The predicted octanol–water partition coefficient (Wildman–Crippen LogP) is 8.20. The summed E-state index contributed by atoms with van der Waals surface area (Å²) in [4.78, 5) is 9.73. The molecular weight excluding hydrogens is 580 g/mol. The van der Waals surface area contributed by atoms with Crippen LogP contribution >= 0.6 is 31.9 Å². The Labute approximate surface area is 229 Å². The Morgan fingerprint density at radius 1 is 1.03 bits per heavy atom. The standard InChI is InChI=1S/C29H28Br2N4O/c1-19(2)14-15-36-24-11-8-21(9-12-24)18-32-35-29(34-28-20(3)16-23(30)17-25(28)31)27-13-10-22-6-4-5-7-26(22)33-27/h4-13,16-19H,14-15H2,1-3H3,(H,34,35)/b32-18+. The van der Waals surface area contributed by atoms with Gasteiger partial charge in [-0.2, -0.15) is 5.10 Å². The molecule has 0 radical (unpaired) electrons. The van der Waals surface area contributed by atoms with E-state index in [0.717, 1.165) is 55.4 Å². The van der Waals surface area contributed by atoms with Crippen molar-refractivity contribution >= 4 is 60.5 Å². The van der Waals surface area contributed by atoms with E-state index < -0.39 is 0 Å². The van der Waals surface area contributed by atoms with Gasteiger partial charge in [0.15, 0.2) is 5.84 Å². The number of aromatic nitrogens is 1. The number of hydrogen-bond acceptors (Lipinski definition) is 4. The van der Waals surface area contributed by atoms with Crippen molar-refractivity contribution in [3.8, 4) is 5.75 Å². The van der Waals surface area contributed by atoms with Gasteiger partial charge in [-0.1, -0.05) is 54.0 Å². The van der Waals surface area contributed by atoms with Gasteiger partial charge in [-0.15, -0.1) is 0 Å². The number of benzene rings is 3. The number of rotatable bonds is 8. The maximum Gasteiger partial charge on any atom is 0.173 e. The topological polar surface area (TPSA) is 58.9 Å². The number of aliphatic imine (C=N–C) groups is 1. The molecule has 184 valence electrons. The first kappa shape index (κ1) is 26.0. The molecule has 0 saturated carbocycles. The van der Waals surface area contributed by atoms with Gasteiger partial charge in [-0.25, -0.2) is 9.98 Å². The molecule has 0 bridgehead atoms. The Balaban J connectivity index is 1.59. The van der Waals surface area contributed by atoms with Crippen LogP contribution in [0.1, 0.15) is 37.1 Å². The van der Waals surface area contributed by atoms with Gasteiger partial charge in [0.2, 0.25) is 0 Å². The first-order valence-corrected chi connectivity index (χ1v) is 13.4. The summed E-state index contributed by atoms with van der Waals surface area (Å²) in [6, 6.07) is 23.9. The van der Waals surface area contributed by atoms with Crippen LogP contribution in [-0.4, -0.2) is 23.6 Å². The molecule has 0 fully saturated rings. The van der Waals surface area contributed by atoms with Crippen LogP contribution in [0.4, 0.5) is 5.69 Å². The molecule has 0 spiro atoms. The van der Waals surface area contributed by atoms with Crippen molar-refractivity contribution in [2.24, 2.45) is 16.0 Å². The number of hydrazone groups is 1. The third kappa shape index (κ3) is 7.02. The molecule has 1 heterocycles. The second-order valence-electron chi connectivity index (χ2n) is 8.87. The number of aryl methyl sites for hydroxylation is 1. The van der Waals surface area contributed by atoms with Crippen LogP contribution in [0.2, 0.25) is 0 Å². The molecule has 0 aliphatic carbocycles. The van der Waals surface area contributed by atoms with Crippen molar-refractivity contribution in [3.63, 3.8) is 0 Å². The van der Waals surface area contributed by atoms with Crippen LogP contribution < -0.4 is 10.2 Å². The van der Waals surface area contributed by atoms with Crippen LogP contribution in [0.5, 0.6) is 5.75 Å². The second-order valence-corrected chi connectivity index (χ2v) is 10.6. The highest BCUT2D eigenvalue weighted by Crippen LogP contribution is 2.33. The highest BCUT2D eigenvalue weighted by Gasteiger charge is 2.11. The zero-order chi connectivity index (χ0) is 25.5. The fourth-order valence-corrected chi connectivity index (χ4v) is 5.04. The molecule has 7 heteroatoms. The van der Waals surface area contributed by atoms with Gasteiger partial charge in [-0.3, -0.25) is 5.43 Å². The molecule has 0 aliphatic heterocycles. The zero-order valence-corrected chi connectivity index (χ0v) is 23.7. The van der Waals surface area contributed by atoms with Crippen LogP contribution in [0.15, 0.2) is 91.8 Å². The molecule has 0 amide bonds. The summed E-state index contributed by atoms with van der Waals surface area (Å²) in [5.74, 6) is 2.04. The number of halogens is 2. The lowest BCUT2D eigenvalue weighted by molar-refractivity contribution is 0.289. The number of fused-ring (bicyclic) bond motifs is 1. The largest absolute Gasteiger partial charge is 0.494 e. The van der Waals surface area contributed by atoms with E-state index in [2.05, 4.69) is 56.2 Å². The van der Waals surface area contributed by atoms with E-state index in [0.29, 0.717) is 17.4 Å². The molecule has 3 aromatic carbocycles. The van der Waals surface area contributed by atoms with Gasteiger partial charge in [0.25, 0.3) is 0 Å². The van der Waals surface area contributed by atoms with Crippen molar-refractivity contribution in [3.05, 3.63) is 98.6 Å². The molecule has 4 aromatic rings. The maximum absolute atomic E-state index is 5.81. The van der Waals surface area contributed by atoms with Crippen molar-refractivity contribution in [1.82, 2.24) is 10.4 Å². The third-order valence-corrected chi connectivity index (χ3v) is 6.57. The molecule has 36 heavy (non-hydrogen) atoms. The summed E-state index contributed by atoms with van der Waals surface area (Å²) in [5.41, 5.74) is 7.51. The van der Waals surface area contributed by atoms with E-state index in [4.69, 9.17) is 14.7 Å². The smallest absolute Gasteiger partial charge is 0.173 e. The average molecular weight is 608 g/mol. The fourth-order valence-electron chi connectivity index (χ4n) is 3.52. The molecular formula is C29H28Br2N4O. The van der Waals surface area contributed by atoms with Crippen LogP contribution in [-0.2, 0) is 0 Å². The van der Waals surface area contributed by atoms with Crippen LogP contribution in [0.3, 0.4) is 0 Å². The van der Waals surface area contributed by atoms with Crippen molar-refractivity contribution in [2.45, 2.75) is 27.2 Å². The predicted molar refractivity (Wildman–Crippen MR) is 157 cm³/mol. The highest BCUT2D eigenvalue weighted by atomic mass is 79.9. The quantitative estimate of drug-likeness (QED) is 0.125. The molecule has 1 aromatic heterocycles. The maximum atomic E-state index is 5.81. The number of para-hydroxylation sites is 1. The molecule has 0 aliphatic rings. The molecule has 1 N–H and O–H groups in total. The lowest BCUT2D eigenvalue weighted by Gasteiger charge is -2.10. The minimum absolute atomic E-state index is 0.553. The van der Waals surface area contributed by atoms with E-state index in [1.54, 1.807) is 6.21 Å². The van der Waals surface area contributed by atoms with E-state index in [1.165, 1.54) is 0 Å². The van der Waals surface area contributed by atoms with Gasteiger partial charge in [0.05, 0.1) is 24.0 Å². The minimum Gasteiger partial charge on any atom is -0.494 e. The molecule has 0 saturated heterocycles. The van der Waals surface area contributed by atoms with E-state index in [-0.39, 0.29) is 0 Å². The third-order valence-electron chi connectivity index (χ3n) is 5.51. The van der Waals surface area contributed by atoms with Gasteiger partial charge >= 0.3 is 0 Å². The molecule has 4 rings (SSSR count). The highest BCUT2D eigenvalue weighted by molar-refractivity contribution is 9.11. The van der Waals surface area contributed by atoms with Gasteiger partial charge in [-0.05, 0) is 94.9 Å². The number of pyridine rings is 1. The zero-order valence-electron chi connectivity index (χ0n) is 20.5. The molecule has 0 atom stereocenters. The summed E-state index contributed by atoms with van der Waals surface area (Å²) in [6.07, 6.45) is 2.80. The summed E-state index contributed by atoms with van der Waals surface area (Å²) >= 11 is 7.18. The first-order valence-electron chi connectivity index (χ1n) is 11.8. The lowest BCUT2D eigenvalue weighted by Crippen LogP contribution is -2.20. The van der Waals surface area contributed by atoms with E-state index in [9.17, 15) is 0 Å². The second kappa shape index (κ2) is 12.3. The Morgan fingerprint density at radius 2 is 1.81 bits per heavy atom. The summed E-state index contributed by atoms with van der Waals surface area (Å²) in [6.45, 7) is 7.12. The molecule has 0 unspecified atom stereocenters. The number of nitrogens with one attached hydrogen (secondary N) is 1. The Kier molecular flexibility index (Phi) is 8.88. The number of amidine groups is 1. The molecule has 5 nitrogen and oxygen atoms in total. The van der Waals surface area contributed by atoms with Crippen LogP contribution in [0, 0.1) is 12.8 Å². The number of ether oxygens (including phenoxy) is 1. The fraction of sp³-hybridized carbons (Fsp3) is 0.207. The van der Waals surface area contributed by atoms with Gasteiger partial charge in [0, 0.05) is 14.3 Å². The SMILES string of the molecule is Cc1cc(Br)cc(Br)c1N=C(N/N=C/c1ccc(OCCC(C)C)cc1)c1ccc2ccccc2n1. The number of hydrogen-bond donors (Lipinski definition) is 1. The van der Waals surface area contributed by atoms with Crippen molar-refractivity contribution < 1.29 is 4.74 Å². The van der Waals surface area contributed by atoms with Crippen molar-refractivity contribution in [1.29, 1.82) is 0 Å².